The Balaban J connectivity index is 3.79. The predicted octanol–water partition coefficient (Wildman–Crippen LogP) is 6.70. The van der Waals surface area contributed by atoms with Gasteiger partial charge in [0.1, 0.15) is 6.04 Å². The summed E-state index contributed by atoms with van der Waals surface area (Å²) in [5, 5.41) is 2.59. The summed E-state index contributed by atoms with van der Waals surface area (Å²) in [6, 6.07) is -0.723. The quantitative estimate of drug-likeness (QED) is 0.137. The monoisotopic (exact) mass is 411 g/mol. The molecule has 0 aromatic heterocycles. The van der Waals surface area contributed by atoms with E-state index in [1.54, 1.807) is 6.08 Å². The Hall–Kier alpha value is -1.52. The van der Waals surface area contributed by atoms with Gasteiger partial charge in [0.2, 0.25) is 0 Å². The minimum Gasteiger partial charge on any atom is -0.464 e. The molecule has 0 bridgehead atoms. The number of esters is 1. The molecule has 0 saturated heterocycles. The maximum atomic E-state index is 12.2. The van der Waals surface area contributed by atoms with Crippen molar-refractivity contribution < 1.29 is 19.1 Å². The van der Waals surface area contributed by atoms with Crippen molar-refractivity contribution in [3.05, 3.63) is 12.7 Å². The third-order valence-corrected chi connectivity index (χ3v) is 4.95. The SMILES string of the molecule is C=CCC(NC(=O)OCCCCCC)C(=O)OCCCCCCCCCCCC. The predicted molar refractivity (Wildman–Crippen MR) is 120 cm³/mol. The number of hydrogen-bond donors (Lipinski definition) is 1. The number of alkyl carbamates (subject to hydrolysis) is 1. The molecule has 0 heterocycles. The molecule has 1 amide bonds. The van der Waals surface area contributed by atoms with Crippen molar-refractivity contribution in [2.45, 2.75) is 116 Å². The van der Waals surface area contributed by atoms with Crippen molar-refractivity contribution in [3.8, 4) is 0 Å². The Bertz CT molecular complexity index is 412. The number of hydrogen-bond acceptors (Lipinski definition) is 4. The summed E-state index contributed by atoms with van der Waals surface area (Å²) in [6.07, 6.45) is 17.9. The number of amides is 1. The Morgan fingerprint density at radius 1 is 0.759 bits per heavy atom. The molecule has 0 spiro atoms. The molecular weight excluding hydrogens is 366 g/mol. The average Bonchev–Trinajstić information content (AvgIpc) is 2.71. The first kappa shape index (κ1) is 27.5. The minimum absolute atomic E-state index is 0.335. The first-order chi connectivity index (χ1) is 14.2. The minimum atomic E-state index is -0.723. The van der Waals surface area contributed by atoms with E-state index in [4.69, 9.17) is 9.47 Å². The van der Waals surface area contributed by atoms with Crippen LogP contribution in [0.15, 0.2) is 12.7 Å². The smallest absolute Gasteiger partial charge is 0.407 e. The molecule has 1 N–H and O–H groups in total. The third-order valence-electron chi connectivity index (χ3n) is 4.95. The number of rotatable bonds is 20. The molecule has 29 heavy (non-hydrogen) atoms. The molecule has 0 aromatic rings. The van der Waals surface area contributed by atoms with Gasteiger partial charge in [-0.1, -0.05) is 97.0 Å². The lowest BCUT2D eigenvalue weighted by molar-refractivity contribution is -0.146. The van der Waals surface area contributed by atoms with Crippen molar-refractivity contribution in [1.82, 2.24) is 5.32 Å². The van der Waals surface area contributed by atoms with E-state index in [0.717, 1.165) is 38.5 Å². The lowest BCUT2D eigenvalue weighted by Crippen LogP contribution is -2.42. The van der Waals surface area contributed by atoms with Gasteiger partial charge in [-0.05, 0) is 19.3 Å². The molecule has 5 nitrogen and oxygen atoms in total. The van der Waals surface area contributed by atoms with E-state index in [2.05, 4.69) is 25.7 Å². The van der Waals surface area contributed by atoms with Crippen LogP contribution in [0.5, 0.6) is 0 Å². The maximum Gasteiger partial charge on any atom is 0.407 e. The molecule has 0 aliphatic carbocycles. The summed E-state index contributed by atoms with van der Waals surface area (Å²) in [6.45, 7) is 8.80. The van der Waals surface area contributed by atoms with Crippen LogP contribution >= 0.6 is 0 Å². The number of carbonyl (C=O) groups excluding carboxylic acids is 2. The lowest BCUT2D eigenvalue weighted by atomic mass is 10.1. The van der Waals surface area contributed by atoms with E-state index in [9.17, 15) is 9.59 Å². The van der Waals surface area contributed by atoms with Crippen LogP contribution < -0.4 is 5.32 Å². The average molecular weight is 412 g/mol. The molecule has 1 atom stereocenters. The molecular formula is C24H45NO4. The fraction of sp³-hybridized carbons (Fsp3) is 0.833. The Kier molecular flexibility index (Phi) is 20.1. The van der Waals surface area contributed by atoms with Crippen LogP contribution in [0, 0.1) is 0 Å². The van der Waals surface area contributed by atoms with Crippen molar-refractivity contribution in [3.63, 3.8) is 0 Å². The second-order valence-corrected chi connectivity index (χ2v) is 7.77. The first-order valence-electron chi connectivity index (χ1n) is 11.9. The summed E-state index contributed by atoms with van der Waals surface area (Å²) in [7, 11) is 0. The van der Waals surface area contributed by atoms with Crippen LogP contribution in [0.25, 0.3) is 0 Å². The van der Waals surface area contributed by atoms with Gasteiger partial charge in [0, 0.05) is 0 Å². The molecule has 0 aliphatic heterocycles. The molecule has 0 fully saturated rings. The van der Waals surface area contributed by atoms with E-state index in [1.807, 2.05) is 0 Å². The highest BCUT2D eigenvalue weighted by atomic mass is 16.6. The van der Waals surface area contributed by atoms with Gasteiger partial charge >= 0.3 is 12.1 Å². The van der Waals surface area contributed by atoms with Crippen LogP contribution in [-0.4, -0.2) is 31.3 Å². The normalized spacial score (nSPS) is 11.7. The molecule has 170 valence electrons. The van der Waals surface area contributed by atoms with Crippen molar-refractivity contribution >= 4 is 12.1 Å². The van der Waals surface area contributed by atoms with Gasteiger partial charge in [0.15, 0.2) is 0 Å². The molecule has 0 radical (unpaired) electrons. The molecule has 0 aromatic carbocycles. The zero-order valence-electron chi connectivity index (χ0n) is 19.0. The summed E-state index contributed by atoms with van der Waals surface area (Å²) in [4.78, 5) is 24.1. The van der Waals surface area contributed by atoms with Gasteiger partial charge in [-0.15, -0.1) is 6.58 Å². The van der Waals surface area contributed by atoms with Gasteiger partial charge in [0.25, 0.3) is 0 Å². The summed E-state index contributed by atoms with van der Waals surface area (Å²) in [5.41, 5.74) is 0. The fourth-order valence-electron chi connectivity index (χ4n) is 3.12. The zero-order chi connectivity index (χ0) is 21.6. The number of nitrogens with one attached hydrogen (secondary N) is 1. The van der Waals surface area contributed by atoms with Crippen LogP contribution in [0.1, 0.15) is 110 Å². The Morgan fingerprint density at radius 3 is 1.72 bits per heavy atom. The van der Waals surface area contributed by atoms with E-state index in [-0.39, 0.29) is 0 Å². The zero-order valence-corrected chi connectivity index (χ0v) is 19.0. The summed E-state index contributed by atoms with van der Waals surface area (Å²) < 4.78 is 10.5. The second-order valence-electron chi connectivity index (χ2n) is 7.77. The van der Waals surface area contributed by atoms with Gasteiger partial charge in [-0.25, -0.2) is 9.59 Å². The van der Waals surface area contributed by atoms with Crippen LogP contribution in [0.3, 0.4) is 0 Å². The Labute approximate surface area is 179 Å². The third kappa shape index (κ3) is 18.3. The van der Waals surface area contributed by atoms with Crippen LogP contribution in [-0.2, 0) is 14.3 Å². The van der Waals surface area contributed by atoms with E-state index in [1.165, 1.54) is 51.4 Å². The molecule has 1 unspecified atom stereocenters. The van der Waals surface area contributed by atoms with Gasteiger partial charge < -0.3 is 14.8 Å². The Morgan fingerprint density at radius 2 is 1.21 bits per heavy atom. The van der Waals surface area contributed by atoms with Crippen molar-refractivity contribution in [2.24, 2.45) is 0 Å². The standard InChI is InChI=1S/C24H45NO4/c1-4-7-9-11-12-13-14-15-16-18-20-28-23(26)22(19-6-3)25-24(27)29-21-17-10-8-5-2/h6,22H,3-5,7-21H2,1-2H3,(H,25,27). The topological polar surface area (TPSA) is 64.6 Å². The fourth-order valence-corrected chi connectivity index (χ4v) is 3.12. The maximum absolute atomic E-state index is 12.2. The number of carbonyl (C=O) groups is 2. The molecule has 0 aliphatic rings. The molecule has 0 saturated carbocycles. The number of unbranched alkanes of at least 4 members (excludes halogenated alkanes) is 12. The second kappa shape index (κ2) is 21.2. The first-order valence-corrected chi connectivity index (χ1v) is 11.9. The van der Waals surface area contributed by atoms with Crippen LogP contribution in [0.2, 0.25) is 0 Å². The highest BCUT2D eigenvalue weighted by molar-refractivity contribution is 5.81. The largest absolute Gasteiger partial charge is 0.464 e. The van der Waals surface area contributed by atoms with Gasteiger partial charge in [0.05, 0.1) is 13.2 Å². The van der Waals surface area contributed by atoms with E-state index in [0.29, 0.717) is 19.6 Å². The van der Waals surface area contributed by atoms with E-state index >= 15 is 0 Å². The molecule has 0 rings (SSSR count). The van der Waals surface area contributed by atoms with Crippen molar-refractivity contribution in [2.75, 3.05) is 13.2 Å². The van der Waals surface area contributed by atoms with Crippen molar-refractivity contribution in [1.29, 1.82) is 0 Å². The number of ether oxygens (including phenoxy) is 2. The summed E-state index contributed by atoms with van der Waals surface area (Å²) in [5.74, 6) is -0.413. The van der Waals surface area contributed by atoms with Crippen LogP contribution in [0.4, 0.5) is 4.79 Å². The van der Waals surface area contributed by atoms with Gasteiger partial charge in [-0.3, -0.25) is 0 Å². The molecule has 5 heteroatoms. The highest BCUT2D eigenvalue weighted by Crippen LogP contribution is 2.10. The van der Waals surface area contributed by atoms with E-state index < -0.39 is 18.1 Å². The lowest BCUT2D eigenvalue weighted by Gasteiger charge is -2.16. The highest BCUT2D eigenvalue weighted by Gasteiger charge is 2.21. The van der Waals surface area contributed by atoms with Gasteiger partial charge in [-0.2, -0.15) is 0 Å². The summed E-state index contributed by atoms with van der Waals surface area (Å²) >= 11 is 0.